The highest BCUT2D eigenvalue weighted by molar-refractivity contribution is 7.86. The maximum atomic E-state index is 10.9. The van der Waals surface area contributed by atoms with Gasteiger partial charge in [0, 0.05) is 0 Å². The Kier molecular flexibility index (Phi) is 8.18. The van der Waals surface area contributed by atoms with Crippen molar-refractivity contribution in [2.75, 3.05) is 6.54 Å². The van der Waals surface area contributed by atoms with Crippen LogP contribution in [0.1, 0.15) is 39.5 Å². The van der Waals surface area contributed by atoms with Crippen LogP contribution in [0, 0.1) is 5.92 Å². The molecular formula is C18H27NO4S. The van der Waals surface area contributed by atoms with Crippen molar-refractivity contribution < 1.29 is 18.1 Å². The third kappa shape index (κ3) is 6.11. The van der Waals surface area contributed by atoms with Crippen LogP contribution in [0.2, 0.25) is 0 Å². The fraction of sp³-hybridized carbons (Fsp3) is 0.444. The molecule has 1 unspecified atom stereocenters. The Morgan fingerprint density at radius 1 is 1.12 bits per heavy atom. The van der Waals surface area contributed by atoms with E-state index in [1.807, 2.05) is 0 Å². The zero-order chi connectivity index (χ0) is 18.2. The molecule has 134 valence electrons. The van der Waals surface area contributed by atoms with Gasteiger partial charge in [-0.15, -0.1) is 0 Å². The van der Waals surface area contributed by atoms with Crippen molar-refractivity contribution in [3.8, 4) is 5.75 Å². The van der Waals surface area contributed by atoms with Crippen LogP contribution < -0.4 is 5.73 Å². The van der Waals surface area contributed by atoms with E-state index in [2.05, 4.69) is 13.8 Å². The second-order valence-electron chi connectivity index (χ2n) is 5.79. The number of benzene rings is 2. The first-order chi connectivity index (χ1) is 11.3. The molecule has 0 fully saturated rings. The van der Waals surface area contributed by atoms with E-state index in [0.29, 0.717) is 10.8 Å². The first kappa shape index (κ1) is 20.4. The number of hydrogen-bond donors (Lipinski definition) is 3. The predicted octanol–water partition coefficient (Wildman–Crippen LogP) is 3.95. The Morgan fingerprint density at radius 3 is 2.17 bits per heavy atom. The lowest BCUT2D eigenvalue weighted by Crippen LogP contribution is -2.12. The van der Waals surface area contributed by atoms with Crippen LogP contribution in [0.15, 0.2) is 41.3 Å². The molecule has 24 heavy (non-hydrogen) atoms. The first-order valence-electron chi connectivity index (χ1n) is 8.22. The summed E-state index contributed by atoms with van der Waals surface area (Å²) in [5.74, 6) is 0.334. The molecule has 0 spiro atoms. The van der Waals surface area contributed by atoms with Crippen molar-refractivity contribution in [1.29, 1.82) is 0 Å². The van der Waals surface area contributed by atoms with Gasteiger partial charge in [0.15, 0.2) is 0 Å². The highest BCUT2D eigenvalue weighted by atomic mass is 32.2. The van der Waals surface area contributed by atoms with Gasteiger partial charge in [0.2, 0.25) is 0 Å². The summed E-state index contributed by atoms with van der Waals surface area (Å²) < 4.78 is 30.6. The minimum Gasteiger partial charge on any atom is -0.506 e. The summed E-state index contributed by atoms with van der Waals surface area (Å²) in [6.45, 7) is 5.31. The molecule has 4 N–H and O–H groups in total. The number of nitrogens with two attached hydrogens (primary N) is 1. The first-order valence-corrected chi connectivity index (χ1v) is 9.66. The molecule has 0 saturated carbocycles. The Bertz CT molecular complexity index is 740. The number of phenolic OH excluding ortho intramolecular Hbond substituents is 1. The summed E-state index contributed by atoms with van der Waals surface area (Å²) in [5, 5.41) is 10.8. The maximum Gasteiger partial charge on any atom is 0.298 e. The minimum absolute atomic E-state index is 0.448. The van der Waals surface area contributed by atoms with Gasteiger partial charge in [-0.3, -0.25) is 4.55 Å². The molecule has 0 saturated heterocycles. The highest BCUT2D eigenvalue weighted by Gasteiger charge is 2.15. The van der Waals surface area contributed by atoms with Crippen molar-refractivity contribution in [3.63, 3.8) is 0 Å². The van der Waals surface area contributed by atoms with Gasteiger partial charge in [-0.05, 0) is 41.8 Å². The molecule has 6 heteroatoms. The smallest absolute Gasteiger partial charge is 0.298 e. The number of aromatic hydroxyl groups is 1. The molecule has 0 aliphatic heterocycles. The summed E-state index contributed by atoms with van der Waals surface area (Å²) >= 11 is 0. The van der Waals surface area contributed by atoms with Crippen LogP contribution in [0.3, 0.4) is 0 Å². The van der Waals surface area contributed by atoms with Crippen molar-refractivity contribution >= 4 is 20.9 Å². The highest BCUT2D eigenvalue weighted by Crippen LogP contribution is 2.28. The third-order valence-corrected chi connectivity index (χ3v) is 4.86. The number of rotatable bonds is 6. The fourth-order valence-electron chi connectivity index (χ4n) is 2.40. The Labute approximate surface area is 144 Å². The summed E-state index contributed by atoms with van der Waals surface area (Å²) in [7, 11) is -4.37. The molecule has 0 amide bonds. The molecule has 5 nitrogen and oxygen atoms in total. The molecule has 0 aromatic heterocycles. The molecule has 2 aromatic rings. The molecule has 0 radical (unpaired) electrons. The second-order valence-corrected chi connectivity index (χ2v) is 7.18. The van der Waals surface area contributed by atoms with Crippen LogP contribution in [-0.4, -0.2) is 24.6 Å². The van der Waals surface area contributed by atoms with Crippen molar-refractivity contribution in [2.45, 2.75) is 44.4 Å². The van der Waals surface area contributed by atoms with Crippen molar-refractivity contribution in [1.82, 2.24) is 0 Å². The van der Waals surface area contributed by atoms with E-state index >= 15 is 0 Å². The van der Waals surface area contributed by atoms with E-state index in [9.17, 15) is 13.5 Å². The van der Waals surface area contributed by atoms with E-state index in [0.717, 1.165) is 12.5 Å². The van der Waals surface area contributed by atoms with Crippen LogP contribution in [0.25, 0.3) is 10.8 Å². The van der Waals surface area contributed by atoms with Crippen molar-refractivity contribution in [3.05, 3.63) is 36.4 Å². The lowest BCUT2D eigenvalue weighted by Gasteiger charge is -2.09. The van der Waals surface area contributed by atoms with Gasteiger partial charge >= 0.3 is 0 Å². The molecule has 0 aliphatic rings. The van der Waals surface area contributed by atoms with E-state index in [1.54, 1.807) is 24.3 Å². The quantitative estimate of drug-likeness (QED) is 0.683. The number of hydrogen-bond acceptors (Lipinski definition) is 4. The molecule has 0 bridgehead atoms. The van der Waals surface area contributed by atoms with Gasteiger partial charge in [-0.2, -0.15) is 8.42 Å². The number of phenols is 1. The van der Waals surface area contributed by atoms with E-state index < -0.39 is 20.8 Å². The van der Waals surface area contributed by atoms with Crippen LogP contribution >= 0.6 is 0 Å². The number of fused-ring (bicyclic) bond motifs is 1. The van der Waals surface area contributed by atoms with Gasteiger partial charge in [-0.25, -0.2) is 0 Å². The summed E-state index contributed by atoms with van der Waals surface area (Å²) in [5.41, 5.74) is 5.52. The van der Waals surface area contributed by atoms with Crippen LogP contribution in [0.4, 0.5) is 0 Å². The summed E-state index contributed by atoms with van der Waals surface area (Å²) in [6.07, 6.45) is 5.21. The van der Waals surface area contributed by atoms with Gasteiger partial charge in [-0.1, -0.05) is 57.4 Å². The van der Waals surface area contributed by atoms with E-state index in [-0.39, 0.29) is 0 Å². The monoisotopic (exact) mass is 353 g/mol. The largest absolute Gasteiger partial charge is 0.506 e. The SMILES string of the molecule is CCCCC(CC)CN.O=S(=O)(O)c1cc2ccccc2cc1O. The minimum atomic E-state index is -4.37. The van der Waals surface area contributed by atoms with Gasteiger partial charge in [0.05, 0.1) is 0 Å². The van der Waals surface area contributed by atoms with E-state index in [4.69, 9.17) is 10.3 Å². The molecule has 0 heterocycles. The normalized spacial score (nSPS) is 12.5. The van der Waals surface area contributed by atoms with Gasteiger partial charge < -0.3 is 10.8 Å². The van der Waals surface area contributed by atoms with Crippen LogP contribution in [-0.2, 0) is 10.1 Å². The fourth-order valence-corrected chi connectivity index (χ4v) is 2.99. The molecular weight excluding hydrogens is 326 g/mol. The maximum absolute atomic E-state index is 10.9. The zero-order valence-electron chi connectivity index (χ0n) is 14.3. The standard InChI is InChI=1S/C10H8O4S.C8H19N/c11-9-5-7-3-1-2-4-8(7)6-10(9)15(12,13)14;1-3-5-6-8(4-2)7-9/h1-6,11H,(H,12,13,14);8H,3-7,9H2,1-2H3. The van der Waals surface area contributed by atoms with E-state index in [1.165, 1.54) is 37.8 Å². The Balaban J connectivity index is 0.000000277. The molecule has 1 atom stereocenters. The van der Waals surface area contributed by atoms with Gasteiger partial charge in [0.25, 0.3) is 10.1 Å². The topological polar surface area (TPSA) is 101 Å². The zero-order valence-corrected chi connectivity index (χ0v) is 15.1. The lowest BCUT2D eigenvalue weighted by atomic mass is 10.00. The lowest BCUT2D eigenvalue weighted by molar-refractivity contribution is 0.444. The van der Waals surface area contributed by atoms with Crippen molar-refractivity contribution in [2.24, 2.45) is 11.7 Å². The summed E-state index contributed by atoms with van der Waals surface area (Å²) in [6, 6.07) is 9.49. The summed E-state index contributed by atoms with van der Waals surface area (Å²) in [4.78, 5) is -0.471. The van der Waals surface area contributed by atoms with Gasteiger partial charge in [0.1, 0.15) is 10.6 Å². The molecule has 2 rings (SSSR count). The molecule has 0 aliphatic carbocycles. The average molecular weight is 353 g/mol. The van der Waals surface area contributed by atoms with Crippen LogP contribution in [0.5, 0.6) is 5.75 Å². The Morgan fingerprint density at radius 2 is 1.71 bits per heavy atom. The Hall–Kier alpha value is -1.63. The predicted molar refractivity (Wildman–Crippen MR) is 97.8 cm³/mol. The number of unbranched alkanes of at least 4 members (excludes halogenated alkanes) is 1. The average Bonchev–Trinajstić information content (AvgIpc) is 2.55. The third-order valence-electron chi connectivity index (χ3n) is 3.98. The molecule has 2 aromatic carbocycles. The second kappa shape index (κ2) is 9.61.